The molecule has 0 spiro atoms. The number of rotatable bonds is 5. The van der Waals surface area contributed by atoms with Gasteiger partial charge < -0.3 is 20.1 Å². The molecule has 0 aromatic heterocycles. The SMILES string of the molecule is CC1Oc2cc(NC(=O)CCCC(=O)O)ccc2N(C)C1=O. The average Bonchev–Trinajstić information content (AvgIpc) is 2.44. The molecule has 0 radical (unpaired) electrons. The van der Waals surface area contributed by atoms with E-state index in [-0.39, 0.29) is 31.1 Å². The molecule has 1 aromatic carbocycles. The summed E-state index contributed by atoms with van der Waals surface area (Å²) in [5.74, 6) is -0.776. The summed E-state index contributed by atoms with van der Waals surface area (Å²) in [6, 6.07) is 5.03. The van der Waals surface area contributed by atoms with E-state index in [1.54, 1.807) is 32.2 Å². The van der Waals surface area contributed by atoms with Crippen molar-refractivity contribution in [3.8, 4) is 5.75 Å². The Morgan fingerprint density at radius 1 is 1.36 bits per heavy atom. The van der Waals surface area contributed by atoms with Crippen LogP contribution in [-0.2, 0) is 14.4 Å². The van der Waals surface area contributed by atoms with Crippen LogP contribution in [0.2, 0.25) is 0 Å². The van der Waals surface area contributed by atoms with Crippen LogP contribution >= 0.6 is 0 Å². The Labute approximate surface area is 127 Å². The summed E-state index contributed by atoms with van der Waals surface area (Å²) in [6.07, 6.45) is -0.180. The Kier molecular flexibility index (Phi) is 4.65. The van der Waals surface area contributed by atoms with Crippen molar-refractivity contribution >= 4 is 29.2 Å². The fraction of sp³-hybridized carbons (Fsp3) is 0.400. The number of anilines is 2. The molecule has 118 valence electrons. The monoisotopic (exact) mass is 306 g/mol. The van der Waals surface area contributed by atoms with Crippen LogP contribution in [0.25, 0.3) is 0 Å². The second-order valence-electron chi connectivity index (χ2n) is 5.14. The van der Waals surface area contributed by atoms with E-state index < -0.39 is 12.1 Å². The third-order valence-corrected chi connectivity index (χ3v) is 3.38. The van der Waals surface area contributed by atoms with Crippen LogP contribution in [0, 0.1) is 0 Å². The summed E-state index contributed by atoms with van der Waals surface area (Å²) in [5, 5.41) is 11.2. The highest BCUT2D eigenvalue weighted by Gasteiger charge is 2.28. The molecular formula is C15H18N2O5. The molecule has 1 aromatic rings. The van der Waals surface area contributed by atoms with Crippen molar-refractivity contribution in [2.45, 2.75) is 32.3 Å². The molecule has 22 heavy (non-hydrogen) atoms. The predicted molar refractivity (Wildman–Crippen MR) is 80.1 cm³/mol. The summed E-state index contributed by atoms with van der Waals surface area (Å²) < 4.78 is 5.53. The van der Waals surface area contributed by atoms with Crippen LogP contribution < -0.4 is 15.0 Å². The first kappa shape index (κ1) is 15.8. The van der Waals surface area contributed by atoms with Gasteiger partial charge in [0.2, 0.25) is 5.91 Å². The second-order valence-corrected chi connectivity index (χ2v) is 5.14. The third-order valence-electron chi connectivity index (χ3n) is 3.38. The quantitative estimate of drug-likeness (QED) is 0.862. The van der Waals surface area contributed by atoms with Gasteiger partial charge in [0.15, 0.2) is 6.10 Å². The number of nitrogens with zero attached hydrogens (tertiary/aromatic N) is 1. The number of aliphatic carboxylic acids is 1. The summed E-state index contributed by atoms with van der Waals surface area (Å²) in [4.78, 5) is 35.5. The van der Waals surface area contributed by atoms with Crippen LogP contribution in [0.5, 0.6) is 5.75 Å². The number of amides is 2. The van der Waals surface area contributed by atoms with Gasteiger partial charge in [-0.3, -0.25) is 14.4 Å². The first-order valence-electron chi connectivity index (χ1n) is 6.98. The first-order valence-corrected chi connectivity index (χ1v) is 6.98. The number of carboxylic acids is 1. The van der Waals surface area contributed by atoms with Gasteiger partial charge in [0, 0.05) is 31.6 Å². The Hall–Kier alpha value is -2.57. The summed E-state index contributed by atoms with van der Waals surface area (Å²) in [6.45, 7) is 1.67. The maximum absolute atomic E-state index is 11.8. The maximum atomic E-state index is 11.8. The van der Waals surface area contributed by atoms with Gasteiger partial charge >= 0.3 is 5.97 Å². The molecule has 0 bridgehead atoms. The van der Waals surface area contributed by atoms with E-state index in [0.717, 1.165) is 0 Å². The lowest BCUT2D eigenvalue weighted by Gasteiger charge is -2.30. The normalized spacial score (nSPS) is 16.7. The Morgan fingerprint density at radius 2 is 2.09 bits per heavy atom. The molecular weight excluding hydrogens is 288 g/mol. The zero-order valence-corrected chi connectivity index (χ0v) is 12.5. The van der Waals surface area contributed by atoms with E-state index in [1.807, 2.05) is 0 Å². The molecule has 1 aliphatic rings. The molecule has 1 heterocycles. The van der Waals surface area contributed by atoms with Gasteiger partial charge in [-0.2, -0.15) is 0 Å². The summed E-state index contributed by atoms with van der Waals surface area (Å²) in [7, 11) is 1.67. The Bertz CT molecular complexity index is 614. The fourth-order valence-corrected chi connectivity index (χ4v) is 2.22. The van der Waals surface area contributed by atoms with Crippen LogP contribution in [0.1, 0.15) is 26.2 Å². The van der Waals surface area contributed by atoms with E-state index in [1.165, 1.54) is 4.90 Å². The highest BCUT2D eigenvalue weighted by Crippen LogP contribution is 2.35. The van der Waals surface area contributed by atoms with Crippen molar-refractivity contribution in [3.05, 3.63) is 18.2 Å². The van der Waals surface area contributed by atoms with Gasteiger partial charge in [-0.1, -0.05) is 0 Å². The first-order chi connectivity index (χ1) is 10.4. The lowest BCUT2D eigenvalue weighted by molar-refractivity contribution is -0.137. The molecule has 7 nitrogen and oxygen atoms in total. The van der Waals surface area contributed by atoms with Gasteiger partial charge in [-0.15, -0.1) is 0 Å². The van der Waals surface area contributed by atoms with E-state index >= 15 is 0 Å². The molecule has 0 saturated heterocycles. The third kappa shape index (κ3) is 3.55. The van der Waals surface area contributed by atoms with Crippen molar-refractivity contribution in [3.63, 3.8) is 0 Å². The minimum absolute atomic E-state index is 0.0366. The highest BCUT2D eigenvalue weighted by molar-refractivity contribution is 6.00. The van der Waals surface area contributed by atoms with Crippen LogP contribution in [0.4, 0.5) is 11.4 Å². The number of carboxylic acid groups (broad SMARTS) is 1. The predicted octanol–water partition coefficient (Wildman–Crippen LogP) is 1.62. The number of carbonyl (C=O) groups excluding carboxylic acids is 2. The van der Waals surface area contributed by atoms with Gasteiger partial charge in [0.1, 0.15) is 5.75 Å². The van der Waals surface area contributed by atoms with Crippen molar-refractivity contribution in [2.75, 3.05) is 17.3 Å². The lowest BCUT2D eigenvalue weighted by atomic mass is 10.1. The average molecular weight is 306 g/mol. The lowest BCUT2D eigenvalue weighted by Crippen LogP contribution is -2.41. The molecule has 0 aliphatic carbocycles. The van der Waals surface area contributed by atoms with Gasteiger partial charge in [0.05, 0.1) is 5.69 Å². The van der Waals surface area contributed by atoms with Crippen LogP contribution in [0.15, 0.2) is 18.2 Å². The summed E-state index contributed by atoms with van der Waals surface area (Å²) >= 11 is 0. The highest BCUT2D eigenvalue weighted by atomic mass is 16.5. The van der Waals surface area contributed by atoms with Crippen molar-refractivity contribution in [2.24, 2.45) is 0 Å². The smallest absolute Gasteiger partial charge is 0.303 e. The maximum Gasteiger partial charge on any atom is 0.303 e. The minimum Gasteiger partial charge on any atom is -0.481 e. The van der Waals surface area contributed by atoms with Crippen molar-refractivity contribution in [1.29, 1.82) is 0 Å². The number of ether oxygens (including phenoxy) is 1. The molecule has 1 aliphatic heterocycles. The van der Waals surface area contributed by atoms with Gasteiger partial charge in [-0.05, 0) is 25.5 Å². The number of benzene rings is 1. The zero-order chi connectivity index (χ0) is 16.3. The molecule has 1 unspecified atom stereocenters. The Balaban J connectivity index is 2.02. The number of fused-ring (bicyclic) bond motifs is 1. The molecule has 0 fully saturated rings. The van der Waals surface area contributed by atoms with E-state index in [0.29, 0.717) is 17.1 Å². The molecule has 2 rings (SSSR count). The van der Waals surface area contributed by atoms with Crippen molar-refractivity contribution < 1.29 is 24.2 Å². The van der Waals surface area contributed by atoms with Crippen LogP contribution in [-0.4, -0.2) is 36.0 Å². The number of carbonyl (C=O) groups is 3. The zero-order valence-electron chi connectivity index (χ0n) is 12.5. The second kappa shape index (κ2) is 6.46. The molecule has 0 saturated carbocycles. The number of hydrogen-bond donors (Lipinski definition) is 2. The van der Waals surface area contributed by atoms with E-state index in [2.05, 4.69) is 5.32 Å². The minimum atomic E-state index is -0.920. The summed E-state index contributed by atoms with van der Waals surface area (Å²) in [5.41, 5.74) is 1.20. The fourth-order valence-electron chi connectivity index (χ4n) is 2.22. The molecule has 2 N–H and O–H groups in total. The van der Waals surface area contributed by atoms with E-state index in [4.69, 9.17) is 9.84 Å². The van der Waals surface area contributed by atoms with Crippen molar-refractivity contribution in [1.82, 2.24) is 0 Å². The van der Waals surface area contributed by atoms with Gasteiger partial charge in [0.25, 0.3) is 5.91 Å². The van der Waals surface area contributed by atoms with Crippen LogP contribution in [0.3, 0.4) is 0 Å². The molecule has 7 heteroatoms. The van der Waals surface area contributed by atoms with Gasteiger partial charge in [-0.25, -0.2) is 0 Å². The number of hydrogen-bond acceptors (Lipinski definition) is 4. The largest absolute Gasteiger partial charge is 0.481 e. The number of nitrogens with one attached hydrogen (secondary N) is 1. The standard InChI is InChI=1S/C15H18N2O5/c1-9-15(21)17(2)11-7-6-10(8-12(11)22-9)16-13(18)4-3-5-14(19)20/h6-9H,3-5H2,1-2H3,(H,16,18)(H,19,20). The van der Waals surface area contributed by atoms with E-state index in [9.17, 15) is 14.4 Å². The molecule has 2 amide bonds. The molecule has 1 atom stereocenters. The Morgan fingerprint density at radius 3 is 2.77 bits per heavy atom. The topological polar surface area (TPSA) is 95.9 Å². The number of likely N-dealkylation sites (N-methyl/N-ethyl adjacent to an activating group) is 1.